The molecule has 0 atom stereocenters. The predicted octanol–water partition coefficient (Wildman–Crippen LogP) is 0.167. The molecule has 0 fully saturated rings. The third kappa shape index (κ3) is 2.76. The highest BCUT2D eigenvalue weighted by atomic mass is 32.1. The van der Waals surface area contributed by atoms with Gasteiger partial charge in [-0.05, 0) is 23.4 Å². The summed E-state index contributed by atoms with van der Waals surface area (Å²) in [5.74, 6) is 0.361. The van der Waals surface area contributed by atoms with Crippen LogP contribution >= 0.6 is 11.3 Å². The van der Waals surface area contributed by atoms with Crippen LogP contribution in [0.25, 0.3) is 0 Å². The van der Waals surface area contributed by atoms with Gasteiger partial charge in [0.25, 0.3) is 0 Å². The number of aliphatic imine (C=N–C) groups is 1. The average Bonchev–Trinajstić information content (AvgIpc) is 2.82. The lowest BCUT2D eigenvalue weighted by Gasteiger charge is -2.27. The summed E-state index contributed by atoms with van der Waals surface area (Å²) in [6.07, 6.45) is 0.954. The van der Waals surface area contributed by atoms with Gasteiger partial charge in [0.2, 0.25) is 5.91 Å². The number of nitrogens with two attached hydrogens (primary N) is 1. The van der Waals surface area contributed by atoms with E-state index in [1.807, 2.05) is 4.90 Å². The molecule has 1 aliphatic rings. The molecule has 0 unspecified atom stereocenters. The van der Waals surface area contributed by atoms with Gasteiger partial charge in [-0.3, -0.25) is 9.79 Å². The van der Waals surface area contributed by atoms with Crippen molar-refractivity contribution in [2.24, 2.45) is 10.7 Å². The molecule has 0 saturated heterocycles. The van der Waals surface area contributed by atoms with Crippen molar-refractivity contribution in [2.75, 3.05) is 20.1 Å². The maximum absolute atomic E-state index is 11.9. The van der Waals surface area contributed by atoms with Crippen molar-refractivity contribution in [1.82, 2.24) is 10.2 Å². The first-order chi connectivity index (χ1) is 8.20. The average molecular weight is 252 g/mol. The Balaban J connectivity index is 1.90. The fraction of sp³-hybridized carbons (Fsp3) is 0.455. The Labute approximate surface area is 104 Å². The lowest BCUT2D eigenvalue weighted by molar-refractivity contribution is -0.130. The van der Waals surface area contributed by atoms with E-state index in [9.17, 15) is 4.79 Å². The van der Waals surface area contributed by atoms with Crippen LogP contribution in [-0.2, 0) is 17.8 Å². The Hall–Kier alpha value is -1.56. The van der Waals surface area contributed by atoms with E-state index >= 15 is 0 Å². The van der Waals surface area contributed by atoms with Crippen LogP contribution in [0, 0.1) is 0 Å². The molecule has 17 heavy (non-hydrogen) atoms. The van der Waals surface area contributed by atoms with Gasteiger partial charge in [-0.2, -0.15) is 0 Å². The van der Waals surface area contributed by atoms with Crippen LogP contribution in [0.2, 0.25) is 0 Å². The molecular formula is C11H16N4OS. The van der Waals surface area contributed by atoms with Crippen molar-refractivity contribution >= 4 is 23.2 Å². The molecule has 0 radical (unpaired) electrons. The van der Waals surface area contributed by atoms with E-state index in [-0.39, 0.29) is 12.5 Å². The maximum Gasteiger partial charge on any atom is 0.242 e. The highest BCUT2D eigenvalue weighted by Crippen LogP contribution is 2.23. The summed E-state index contributed by atoms with van der Waals surface area (Å²) < 4.78 is 0. The Morgan fingerprint density at radius 2 is 2.53 bits per heavy atom. The van der Waals surface area contributed by atoms with Gasteiger partial charge >= 0.3 is 0 Å². The zero-order valence-corrected chi connectivity index (χ0v) is 10.6. The van der Waals surface area contributed by atoms with E-state index in [0.29, 0.717) is 12.5 Å². The second-order valence-corrected chi connectivity index (χ2v) is 4.90. The lowest BCUT2D eigenvalue weighted by Crippen LogP contribution is -2.44. The third-order valence-corrected chi connectivity index (χ3v) is 3.85. The highest BCUT2D eigenvalue weighted by molar-refractivity contribution is 7.10. The van der Waals surface area contributed by atoms with Gasteiger partial charge in [0.1, 0.15) is 0 Å². The number of fused-ring (bicyclic) bond motifs is 1. The number of guanidine groups is 1. The highest BCUT2D eigenvalue weighted by Gasteiger charge is 2.20. The summed E-state index contributed by atoms with van der Waals surface area (Å²) in [6.45, 7) is 1.71. The number of thiophene rings is 1. The molecule has 0 aromatic carbocycles. The molecule has 0 saturated carbocycles. The molecule has 1 aliphatic heterocycles. The first kappa shape index (κ1) is 11.9. The van der Waals surface area contributed by atoms with E-state index in [2.05, 4.69) is 21.8 Å². The Bertz CT molecular complexity index is 440. The van der Waals surface area contributed by atoms with E-state index in [0.717, 1.165) is 13.0 Å². The molecule has 2 heterocycles. The molecule has 1 aromatic heterocycles. The molecular weight excluding hydrogens is 236 g/mol. The monoisotopic (exact) mass is 252 g/mol. The van der Waals surface area contributed by atoms with Crippen molar-refractivity contribution in [3.05, 3.63) is 21.9 Å². The Kier molecular flexibility index (Phi) is 3.63. The number of nitrogens with zero attached hydrogens (tertiary/aromatic N) is 2. The SMILES string of the molecule is CN=C(N)NCC(=O)N1CCc2sccc2C1. The van der Waals surface area contributed by atoms with Gasteiger partial charge in [-0.25, -0.2) is 0 Å². The zero-order valence-electron chi connectivity index (χ0n) is 9.77. The second-order valence-electron chi connectivity index (χ2n) is 3.90. The molecule has 0 spiro atoms. The minimum Gasteiger partial charge on any atom is -0.370 e. The minimum atomic E-state index is 0.0634. The van der Waals surface area contributed by atoms with Crippen molar-refractivity contribution in [1.29, 1.82) is 0 Å². The summed E-state index contributed by atoms with van der Waals surface area (Å²) in [7, 11) is 1.59. The third-order valence-electron chi connectivity index (χ3n) is 2.82. The number of hydrogen-bond donors (Lipinski definition) is 2. The van der Waals surface area contributed by atoms with Gasteiger partial charge < -0.3 is 16.0 Å². The number of carbonyl (C=O) groups is 1. The number of hydrogen-bond acceptors (Lipinski definition) is 3. The number of rotatable bonds is 2. The fourth-order valence-electron chi connectivity index (χ4n) is 1.82. The van der Waals surface area contributed by atoms with Crippen LogP contribution in [0.4, 0.5) is 0 Å². The van der Waals surface area contributed by atoms with Gasteiger partial charge in [0.15, 0.2) is 5.96 Å². The minimum absolute atomic E-state index is 0.0634. The zero-order chi connectivity index (χ0) is 12.3. The molecule has 2 rings (SSSR count). The first-order valence-corrected chi connectivity index (χ1v) is 6.38. The molecule has 92 valence electrons. The van der Waals surface area contributed by atoms with Gasteiger partial charge in [-0.1, -0.05) is 0 Å². The quantitative estimate of drug-likeness (QED) is 0.582. The normalized spacial score (nSPS) is 15.6. The number of amides is 1. The van der Waals surface area contributed by atoms with E-state index in [1.54, 1.807) is 18.4 Å². The van der Waals surface area contributed by atoms with Gasteiger partial charge in [0, 0.05) is 25.0 Å². The Morgan fingerprint density at radius 3 is 3.29 bits per heavy atom. The van der Waals surface area contributed by atoms with Crippen molar-refractivity contribution in [3.63, 3.8) is 0 Å². The van der Waals surface area contributed by atoms with Crippen LogP contribution in [-0.4, -0.2) is 36.9 Å². The standard InChI is InChI=1S/C11H16N4OS/c1-13-11(12)14-6-10(16)15-4-2-9-8(7-15)3-5-17-9/h3,5H,2,4,6-7H2,1H3,(H3,12,13,14). The van der Waals surface area contributed by atoms with Crippen LogP contribution in [0.15, 0.2) is 16.4 Å². The van der Waals surface area contributed by atoms with Crippen LogP contribution in [0.3, 0.4) is 0 Å². The van der Waals surface area contributed by atoms with E-state index in [4.69, 9.17) is 5.73 Å². The van der Waals surface area contributed by atoms with Crippen LogP contribution in [0.1, 0.15) is 10.4 Å². The second kappa shape index (κ2) is 5.18. The molecule has 0 bridgehead atoms. The molecule has 1 aromatic rings. The van der Waals surface area contributed by atoms with Crippen LogP contribution in [0.5, 0.6) is 0 Å². The topological polar surface area (TPSA) is 70.7 Å². The summed E-state index contributed by atoms with van der Waals surface area (Å²) in [4.78, 5) is 18.9. The molecule has 6 heteroatoms. The smallest absolute Gasteiger partial charge is 0.242 e. The summed E-state index contributed by atoms with van der Waals surface area (Å²) in [5, 5.41) is 4.87. The number of nitrogens with one attached hydrogen (secondary N) is 1. The van der Waals surface area contributed by atoms with Crippen molar-refractivity contribution < 1.29 is 4.79 Å². The maximum atomic E-state index is 11.9. The first-order valence-electron chi connectivity index (χ1n) is 5.50. The van der Waals surface area contributed by atoms with Crippen molar-refractivity contribution in [3.8, 4) is 0 Å². The number of carbonyl (C=O) groups excluding carboxylic acids is 1. The molecule has 3 N–H and O–H groups in total. The van der Waals surface area contributed by atoms with Gasteiger partial charge in [-0.15, -0.1) is 11.3 Å². The summed E-state index contributed by atoms with van der Waals surface area (Å²) in [5.41, 5.74) is 6.75. The molecule has 1 amide bonds. The van der Waals surface area contributed by atoms with E-state index < -0.39 is 0 Å². The fourth-order valence-corrected chi connectivity index (χ4v) is 2.71. The van der Waals surface area contributed by atoms with Crippen LogP contribution < -0.4 is 11.1 Å². The molecule has 0 aliphatic carbocycles. The largest absolute Gasteiger partial charge is 0.370 e. The van der Waals surface area contributed by atoms with E-state index in [1.165, 1.54) is 10.4 Å². The molecule has 5 nitrogen and oxygen atoms in total. The summed E-state index contributed by atoms with van der Waals surface area (Å²) >= 11 is 1.77. The Morgan fingerprint density at radius 1 is 1.71 bits per heavy atom. The lowest BCUT2D eigenvalue weighted by atomic mass is 10.1. The van der Waals surface area contributed by atoms with Gasteiger partial charge in [0.05, 0.1) is 6.54 Å². The summed E-state index contributed by atoms with van der Waals surface area (Å²) in [6, 6.07) is 2.09. The predicted molar refractivity (Wildman–Crippen MR) is 69.0 cm³/mol. The van der Waals surface area contributed by atoms with Crippen molar-refractivity contribution in [2.45, 2.75) is 13.0 Å².